The lowest BCUT2D eigenvalue weighted by atomic mass is 10.0. The first kappa shape index (κ1) is 14.0. The van der Waals surface area contributed by atoms with Crippen molar-refractivity contribution in [1.29, 1.82) is 0 Å². The van der Waals surface area contributed by atoms with Crippen LogP contribution in [0.5, 0.6) is 0 Å². The van der Waals surface area contributed by atoms with Crippen molar-refractivity contribution < 1.29 is 4.21 Å². The van der Waals surface area contributed by atoms with Crippen LogP contribution in [-0.2, 0) is 11.0 Å². The van der Waals surface area contributed by atoms with Crippen molar-refractivity contribution in [2.45, 2.75) is 15.2 Å². The molecule has 0 aromatic heterocycles. The Morgan fingerprint density at radius 1 is 1.20 bits per heavy atom. The van der Waals surface area contributed by atoms with Gasteiger partial charge in [-0.25, -0.2) is 4.21 Å². The predicted octanol–water partition coefficient (Wildman–Crippen LogP) is 4.21. The van der Waals surface area contributed by atoms with E-state index in [1.807, 2.05) is 55.8 Å². The van der Waals surface area contributed by atoms with E-state index in [1.54, 1.807) is 16.1 Å². The van der Waals surface area contributed by atoms with Crippen LogP contribution in [0.1, 0.15) is 16.5 Å². The maximum atomic E-state index is 12.8. The summed E-state index contributed by atoms with van der Waals surface area (Å²) >= 11 is 8.28. The van der Waals surface area contributed by atoms with Crippen molar-refractivity contribution in [2.75, 3.05) is 17.6 Å². The van der Waals surface area contributed by atoms with Crippen LogP contribution in [0.3, 0.4) is 0 Å². The molecular formula is C15H14ClNOS2. The van der Waals surface area contributed by atoms with Gasteiger partial charge in [0.2, 0.25) is 0 Å². The van der Waals surface area contributed by atoms with Crippen LogP contribution < -0.4 is 4.31 Å². The van der Waals surface area contributed by atoms with Crippen LogP contribution >= 0.6 is 23.4 Å². The molecule has 2 unspecified atom stereocenters. The summed E-state index contributed by atoms with van der Waals surface area (Å²) in [6.07, 6.45) is 2.01. The number of thioether (sulfide) groups is 1. The molecule has 5 heteroatoms. The minimum atomic E-state index is -1.24. The highest BCUT2D eigenvalue weighted by Gasteiger charge is 2.28. The molecule has 0 saturated carbocycles. The van der Waals surface area contributed by atoms with Crippen LogP contribution in [0.2, 0.25) is 0 Å². The van der Waals surface area contributed by atoms with Gasteiger partial charge in [-0.3, -0.25) is 4.31 Å². The second-order valence-electron chi connectivity index (χ2n) is 4.57. The third kappa shape index (κ3) is 2.16. The monoisotopic (exact) mass is 323 g/mol. The molecule has 1 aliphatic heterocycles. The number of anilines is 1. The zero-order chi connectivity index (χ0) is 14.3. The number of rotatable bonds is 1. The number of para-hydroxylation sites is 1. The molecule has 2 atom stereocenters. The van der Waals surface area contributed by atoms with Crippen molar-refractivity contribution in [3.8, 4) is 0 Å². The van der Waals surface area contributed by atoms with Gasteiger partial charge in [0.15, 0.2) is 11.0 Å². The SMILES string of the molecule is CSc1ccc2c(c1)S(=O)N(C)c1ccccc1C2Cl. The third-order valence-electron chi connectivity index (χ3n) is 3.48. The lowest BCUT2D eigenvalue weighted by Gasteiger charge is -2.18. The first-order valence-corrected chi connectivity index (χ1v) is 8.97. The van der Waals surface area contributed by atoms with E-state index >= 15 is 0 Å². The summed E-state index contributed by atoms with van der Waals surface area (Å²) in [4.78, 5) is 1.90. The first-order valence-electron chi connectivity index (χ1n) is 6.20. The molecular weight excluding hydrogens is 310 g/mol. The molecule has 1 aliphatic rings. The van der Waals surface area contributed by atoms with Gasteiger partial charge in [-0.2, -0.15) is 0 Å². The number of hydrogen-bond acceptors (Lipinski definition) is 2. The average Bonchev–Trinajstić information content (AvgIpc) is 2.58. The van der Waals surface area contributed by atoms with Crippen molar-refractivity contribution in [3.05, 3.63) is 53.6 Å². The topological polar surface area (TPSA) is 20.3 Å². The Kier molecular flexibility index (Phi) is 3.80. The van der Waals surface area contributed by atoms with Gasteiger partial charge in [0.25, 0.3) is 0 Å². The van der Waals surface area contributed by atoms with E-state index in [2.05, 4.69) is 0 Å². The summed E-state index contributed by atoms with van der Waals surface area (Å²) < 4.78 is 14.6. The van der Waals surface area contributed by atoms with E-state index in [4.69, 9.17) is 11.6 Å². The maximum absolute atomic E-state index is 12.8. The van der Waals surface area contributed by atoms with Crippen molar-refractivity contribution >= 4 is 40.0 Å². The quantitative estimate of drug-likeness (QED) is 0.579. The Morgan fingerprint density at radius 2 is 1.95 bits per heavy atom. The lowest BCUT2D eigenvalue weighted by molar-refractivity contribution is 0.681. The summed E-state index contributed by atoms with van der Waals surface area (Å²) in [5.74, 6) is 0. The summed E-state index contributed by atoms with van der Waals surface area (Å²) in [6, 6.07) is 13.9. The molecule has 1 heterocycles. The van der Waals surface area contributed by atoms with E-state index < -0.39 is 11.0 Å². The number of halogens is 1. The minimum absolute atomic E-state index is 0.272. The highest BCUT2D eigenvalue weighted by atomic mass is 35.5. The summed E-state index contributed by atoms with van der Waals surface area (Å²) in [7, 11) is 0.611. The Morgan fingerprint density at radius 3 is 2.70 bits per heavy atom. The molecule has 0 radical (unpaired) electrons. The molecule has 0 amide bonds. The molecule has 2 aromatic carbocycles. The molecule has 0 N–H and O–H groups in total. The zero-order valence-electron chi connectivity index (χ0n) is 11.2. The van der Waals surface area contributed by atoms with E-state index in [-0.39, 0.29) is 5.38 Å². The average molecular weight is 324 g/mol. The molecule has 0 aliphatic carbocycles. The molecule has 3 rings (SSSR count). The van der Waals surface area contributed by atoms with Gasteiger partial charge in [-0.15, -0.1) is 23.4 Å². The van der Waals surface area contributed by atoms with Crippen LogP contribution in [0.4, 0.5) is 5.69 Å². The Balaban J connectivity index is 2.26. The van der Waals surface area contributed by atoms with Gasteiger partial charge in [0, 0.05) is 11.9 Å². The molecule has 0 bridgehead atoms. The van der Waals surface area contributed by atoms with Gasteiger partial charge < -0.3 is 0 Å². The highest BCUT2D eigenvalue weighted by Crippen LogP contribution is 2.42. The fourth-order valence-corrected chi connectivity index (χ4v) is 4.60. The van der Waals surface area contributed by atoms with Gasteiger partial charge >= 0.3 is 0 Å². The third-order valence-corrected chi connectivity index (χ3v) is 6.10. The molecule has 2 aromatic rings. The van der Waals surface area contributed by atoms with Gasteiger partial charge in [0.1, 0.15) is 0 Å². The first-order chi connectivity index (χ1) is 9.63. The number of benzene rings is 2. The number of fused-ring (bicyclic) bond motifs is 2. The fourth-order valence-electron chi connectivity index (χ4n) is 2.40. The molecule has 0 fully saturated rings. The maximum Gasteiger partial charge on any atom is 0.153 e. The fraction of sp³-hybridized carbons (Fsp3) is 0.200. The van der Waals surface area contributed by atoms with Crippen molar-refractivity contribution in [2.24, 2.45) is 0 Å². The number of nitrogens with zero attached hydrogens (tertiary/aromatic N) is 1. The van der Waals surface area contributed by atoms with Gasteiger partial charge in [-0.1, -0.05) is 24.3 Å². The molecule has 104 valence electrons. The lowest BCUT2D eigenvalue weighted by Crippen LogP contribution is -2.20. The minimum Gasteiger partial charge on any atom is -0.290 e. The van der Waals surface area contributed by atoms with E-state index in [1.165, 1.54) is 0 Å². The van der Waals surface area contributed by atoms with E-state index in [9.17, 15) is 4.21 Å². The van der Waals surface area contributed by atoms with Crippen molar-refractivity contribution in [3.63, 3.8) is 0 Å². The summed E-state index contributed by atoms with van der Waals surface area (Å²) in [6.45, 7) is 0. The van der Waals surface area contributed by atoms with Gasteiger partial charge in [0.05, 0.1) is 16.0 Å². The number of alkyl halides is 1. The predicted molar refractivity (Wildman–Crippen MR) is 87.2 cm³/mol. The van der Waals surface area contributed by atoms with Crippen LogP contribution in [0.25, 0.3) is 0 Å². The molecule has 20 heavy (non-hydrogen) atoms. The van der Waals surface area contributed by atoms with E-state index in [0.29, 0.717) is 0 Å². The van der Waals surface area contributed by atoms with Crippen LogP contribution in [-0.4, -0.2) is 17.5 Å². The smallest absolute Gasteiger partial charge is 0.153 e. The Hall–Kier alpha value is -0.970. The Bertz CT molecular complexity index is 689. The standard InChI is InChI=1S/C15H14ClNOS2/c1-17-13-6-4-3-5-11(13)15(16)12-8-7-10(19-2)9-14(12)20(17)18/h3-9,15H,1-2H3. The Labute approximate surface area is 130 Å². The largest absolute Gasteiger partial charge is 0.290 e. The van der Waals surface area contributed by atoms with Crippen LogP contribution in [0, 0.1) is 0 Å². The number of hydrogen-bond donors (Lipinski definition) is 0. The van der Waals surface area contributed by atoms with Crippen molar-refractivity contribution in [1.82, 2.24) is 0 Å². The molecule has 0 spiro atoms. The van der Waals surface area contributed by atoms with Gasteiger partial charge in [-0.05, 0) is 35.6 Å². The molecule has 0 saturated heterocycles. The summed E-state index contributed by atoms with van der Waals surface area (Å²) in [5.41, 5.74) is 2.85. The van der Waals surface area contributed by atoms with E-state index in [0.717, 1.165) is 26.6 Å². The summed E-state index contributed by atoms with van der Waals surface area (Å²) in [5, 5.41) is -0.272. The second-order valence-corrected chi connectivity index (χ2v) is 7.37. The highest BCUT2D eigenvalue weighted by molar-refractivity contribution is 7.98. The normalized spacial score (nSPS) is 21.1. The van der Waals surface area contributed by atoms with Crippen LogP contribution in [0.15, 0.2) is 52.3 Å². The molecule has 2 nitrogen and oxygen atoms in total. The second kappa shape index (κ2) is 5.43. The zero-order valence-corrected chi connectivity index (χ0v) is 13.6.